The topological polar surface area (TPSA) is 58.4 Å². The first-order chi connectivity index (χ1) is 8.63. The molecule has 2 rings (SSSR count). The molecule has 0 saturated carbocycles. The van der Waals surface area contributed by atoms with Gasteiger partial charge in [0.15, 0.2) is 0 Å². The van der Waals surface area contributed by atoms with Crippen molar-refractivity contribution in [3.8, 4) is 0 Å². The van der Waals surface area contributed by atoms with Crippen LogP contribution in [0, 0.1) is 10.1 Å². The molecule has 98 valence electrons. The second-order valence-corrected chi connectivity index (χ2v) is 4.78. The van der Waals surface area contributed by atoms with Gasteiger partial charge in [-0.3, -0.25) is 15.0 Å². The first kappa shape index (κ1) is 12.8. The summed E-state index contributed by atoms with van der Waals surface area (Å²) in [6.45, 7) is 4.06. The predicted octanol–water partition coefficient (Wildman–Crippen LogP) is 2.62. The second-order valence-electron chi connectivity index (χ2n) is 4.78. The number of nitro benzene ring substituents is 1. The van der Waals surface area contributed by atoms with Crippen molar-refractivity contribution in [2.24, 2.45) is 0 Å². The van der Waals surface area contributed by atoms with Crippen molar-refractivity contribution in [2.45, 2.75) is 32.4 Å². The van der Waals surface area contributed by atoms with Crippen molar-refractivity contribution in [3.05, 3.63) is 33.9 Å². The number of anilines is 1. The Kier molecular flexibility index (Phi) is 3.81. The SMILES string of the molecule is CNc1c(CN2CCCC2C)cccc1[N+](=O)[O-]. The van der Waals surface area contributed by atoms with Crippen molar-refractivity contribution < 1.29 is 4.92 Å². The molecule has 1 saturated heterocycles. The van der Waals surface area contributed by atoms with Gasteiger partial charge in [0.1, 0.15) is 5.69 Å². The molecule has 1 unspecified atom stereocenters. The molecule has 0 spiro atoms. The molecule has 1 N–H and O–H groups in total. The number of hydrogen-bond donors (Lipinski definition) is 1. The highest BCUT2D eigenvalue weighted by Crippen LogP contribution is 2.30. The Morgan fingerprint density at radius 2 is 2.33 bits per heavy atom. The average Bonchev–Trinajstić information content (AvgIpc) is 2.74. The fourth-order valence-electron chi connectivity index (χ4n) is 2.61. The van der Waals surface area contributed by atoms with Crippen LogP contribution >= 0.6 is 0 Å². The summed E-state index contributed by atoms with van der Waals surface area (Å²) in [7, 11) is 1.74. The van der Waals surface area contributed by atoms with E-state index in [1.807, 2.05) is 6.07 Å². The summed E-state index contributed by atoms with van der Waals surface area (Å²) < 4.78 is 0. The van der Waals surface area contributed by atoms with Gasteiger partial charge in [0, 0.05) is 25.7 Å². The molecule has 0 amide bonds. The fourth-order valence-corrected chi connectivity index (χ4v) is 2.61. The van der Waals surface area contributed by atoms with Gasteiger partial charge in [0.2, 0.25) is 0 Å². The highest BCUT2D eigenvalue weighted by Gasteiger charge is 2.23. The molecule has 0 aromatic heterocycles. The van der Waals surface area contributed by atoms with Gasteiger partial charge >= 0.3 is 0 Å². The second kappa shape index (κ2) is 5.35. The van der Waals surface area contributed by atoms with Crippen LogP contribution in [0.4, 0.5) is 11.4 Å². The van der Waals surface area contributed by atoms with E-state index in [0.717, 1.165) is 18.7 Å². The number of likely N-dealkylation sites (tertiary alicyclic amines) is 1. The molecule has 1 aliphatic rings. The highest BCUT2D eigenvalue weighted by molar-refractivity contribution is 5.66. The maximum absolute atomic E-state index is 11.0. The summed E-state index contributed by atoms with van der Waals surface area (Å²) in [5, 5.41) is 14.0. The van der Waals surface area contributed by atoms with Crippen LogP contribution in [0.25, 0.3) is 0 Å². The molecule has 5 nitrogen and oxygen atoms in total. The normalized spacial score (nSPS) is 20.0. The molecule has 18 heavy (non-hydrogen) atoms. The molecule has 1 heterocycles. The molecular weight excluding hydrogens is 230 g/mol. The van der Waals surface area contributed by atoms with Crippen LogP contribution in [-0.4, -0.2) is 29.5 Å². The Hall–Kier alpha value is -1.62. The Labute approximate surface area is 107 Å². The Morgan fingerprint density at radius 3 is 2.89 bits per heavy atom. The summed E-state index contributed by atoms with van der Waals surface area (Å²) >= 11 is 0. The number of nitro groups is 1. The van der Waals surface area contributed by atoms with E-state index in [9.17, 15) is 10.1 Å². The van der Waals surface area contributed by atoms with Crippen LogP contribution in [-0.2, 0) is 6.54 Å². The van der Waals surface area contributed by atoms with Gasteiger partial charge in [-0.15, -0.1) is 0 Å². The van der Waals surface area contributed by atoms with Gasteiger partial charge in [-0.05, 0) is 31.9 Å². The molecule has 1 atom stereocenters. The average molecular weight is 249 g/mol. The van der Waals surface area contributed by atoms with Crippen molar-refractivity contribution in [3.63, 3.8) is 0 Å². The van der Waals surface area contributed by atoms with Gasteiger partial charge in [0.25, 0.3) is 5.69 Å². The summed E-state index contributed by atoms with van der Waals surface area (Å²) in [5.41, 5.74) is 1.80. The quantitative estimate of drug-likeness (QED) is 0.658. The van der Waals surface area contributed by atoms with Crippen LogP contribution in [0.5, 0.6) is 0 Å². The van der Waals surface area contributed by atoms with E-state index in [1.54, 1.807) is 19.2 Å². The largest absolute Gasteiger partial charge is 0.382 e. The number of benzene rings is 1. The lowest BCUT2D eigenvalue weighted by Crippen LogP contribution is -2.26. The number of nitrogens with one attached hydrogen (secondary N) is 1. The Balaban J connectivity index is 2.27. The summed E-state index contributed by atoms with van der Waals surface area (Å²) in [6.07, 6.45) is 2.43. The maximum atomic E-state index is 11.0. The third-order valence-corrected chi connectivity index (χ3v) is 3.64. The molecule has 1 aromatic carbocycles. The minimum atomic E-state index is -0.331. The number of para-hydroxylation sites is 1. The van der Waals surface area contributed by atoms with Gasteiger partial charge in [-0.1, -0.05) is 12.1 Å². The van der Waals surface area contributed by atoms with Crippen molar-refractivity contribution in [1.82, 2.24) is 4.90 Å². The van der Waals surface area contributed by atoms with Gasteiger partial charge in [-0.25, -0.2) is 0 Å². The van der Waals surface area contributed by atoms with Gasteiger partial charge in [-0.2, -0.15) is 0 Å². The van der Waals surface area contributed by atoms with Crippen molar-refractivity contribution in [2.75, 3.05) is 18.9 Å². The zero-order valence-corrected chi connectivity index (χ0v) is 10.8. The van der Waals surface area contributed by atoms with Crippen molar-refractivity contribution in [1.29, 1.82) is 0 Å². The third kappa shape index (κ3) is 2.46. The highest BCUT2D eigenvalue weighted by atomic mass is 16.6. The standard InChI is InChI=1S/C13H19N3O2/c1-10-5-4-8-15(10)9-11-6-3-7-12(16(17)18)13(11)14-2/h3,6-7,10,14H,4-5,8-9H2,1-2H3. The van der Waals surface area contributed by atoms with Crippen LogP contribution in [0.1, 0.15) is 25.3 Å². The third-order valence-electron chi connectivity index (χ3n) is 3.64. The van der Waals surface area contributed by atoms with Crippen LogP contribution in [0.3, 0.4) is 0 Å². The lowest BCUT2D eigenvalue weighted by atomic mass is 10.1. The van der Waals surface area contributed by atoms with E-state index < -0.39 is 0 Å². The van der Waals surface area contributed by atoms with E-state index in [2.05, 4.69) is 17.1 Å². The summed E-state index contributed by atoms with van der Waals surface area (Å²) in [6, 6.07) is 5.83. The zero-order valence-electron chi connectivity index (χ0n) is 10.8. The van der Waals surface area contributed by atoms with Gasteiger partial charge in [0.05, 0.1) is 4.92 Å². The fraction of sp³-hybridized carbons (Fsp3) is 0.538. The zero-order chi connectivity index (χ0) is 13.1. The molecular formula is C13H19N3O2. The van der Waals surface area contributed by atoms with E-state index in [-0.39, 0.29) is 10.6 Å². The van der Waals surface area contributed by atoms with Gasteiger partial charge < -0.3 is 5.32 Å². The number of nitrogens with zero attached hydrogens (tertiary/aromatic N) is 2. The molecule has 1 aromatic rings. The lowest BCUT2D eigenvalue weighted by Gasteiger charge is -2.22. The minimum Gasteiger partial charge on any atom is -0.382 e. The minimum absolute atomic E-state index is 0.154. The Morgan fingerprint density at radius 1 is 1.56 bits per heavy atom. The van der Waals surface area contributed by atoms with Crippen LogP contribution in [0.2, 0.25) is 0 Å². The molecule has 5 heteroatoms. The van der Waals surface area contributed by atoms with E-state index in [4.69, 9.17) is 0 Å². The summed E-state index contributed by atoms with van der Waals surface area (Å²) in [4.78, 5) is 13.0. The first-order valence-electron chi connectivity index (χ1n) is 6.31. The summed E-state index contributed by atoms with van der Waals surface area (Å²) in [5.74, 6) is 0. The van der Waals surface area contributed by atoms with Crippen LogP contribution < -0.4 is 5.32 Å². The number of hydrogen-bond acceptors (Lipinski definition) is 4. The van der Waals surface area contributed by atoms with Crippen molar-refractivity contribution >= 4 is 11.4 Å². The molecule has 0 bridgehead atoms. The maximum Gasteiger partial charge on any atom is 0.292 e. The lowest BCUT2D eigenvalue weighted by molar-refractivity contribution is -0.384. The molecule has 1 aliphatic heterocycles. The van der Waals surface area contributed by atoms with E-state index >= 15 is 0 Å². The first-order valence-corrected chi connectivity index (χ1v) is 6.31. The smallest absolute Gasteiger partial charge is 0.292 e. The number of rotatable bonds is 4. The Bertz CT molecular complexity index is 448. The predicted molar refractivity (Wildman–Crippen MR) is 71.7 cm³/mol. The molecule has 0 radical (unpaired) electrons. The van der Waals surface area contributed by atoms with Crippen LogP contribution in [0.15, 0.2) is 18.2 Å². The molecule has 1 fully saturated rings. The van der Waals surface area contributed by atoms with E-state index in [0.29, 0.717) is 11.7 Å². The monoisotopic (exact) mass is 249 g/mol. The van der Waals surface area contributed by atoms with E-state index in [1.165, 1.54) is 12.8 Å². The molecule has 0 aliphatic carbocycles.